The monoisotopic (exact) mass is 198 g/mol. The summed E-state index contributed by atoms with van der Waals surface area (Å²) in [5.41, 5.74) is 5.87. The molecule has 0 bridgehead atoms. The van der Waals surface area contributed by atoms with E-state index in [0.29, 0.717) is 12.3 Å². The Morgan fingerprint density at radius 3 is 2.71 bits per heavy atom. The molecule has 1 fully saturated rings. The van der Waals surface area contributed by atoms with Crippen molar-refractivity contribution in [2.75, 3.05) is 0 Å². The molecule has 1 rings (SSSR count). The summed E-state index contributed by atoms with van der Waals surface area (Å²) in [5.74, 6) is 0.763. The first-order valence-electron chi connectivity index (χ1n) is 5.64. The van der Waals surface area contributed by atoms with E-state index in [-0.39, 0.29) is 18.0 Å². The minimum atomic E-state index is 0.168. The van der Waals surface area contributed by atoms with Crippen LogP contribution in [0.15, 0.2) is 0 Å². The molecule has 0 saturated heterocycles. The Morgan fingerprint density at radius 2 is 2.21 bits per heavy atom. The second-order valence-corrected chi connectivity index (χ2v) is 4.70. The second-order valence-electron chi connectivity index (χ2n) is 4.70. The van der Waals surface area contributed by atoms with Crippen LogP contribution >= 0.6 is 0 Å². The van der Waals surface area contributed by atoms with E-state index in [9.17, 15) is 4.79 Å². The molecule has 0 heterocycles. The van der Waals surface area contributed by atoms with Crippen LogP contribution in [0.5, 0.6) is 0 Å². The van der Waals surface area contributed by atoms with Crippen LogP contribution in [0.1, 0.15) is 46.0 Å². The first-order chi connectivity index (χ1) is 6.59. The number of hydrogen-bond acceptors (Lipinski definition) is 2. The molecule has 82 valence electrons. The average molecular weight is 198 g/mol. The van der Waals surface area contributed by atoms with Gasteiger partial charge in [0.15, 0.2) is 0 Å². The summed E-state index contributed by atoms with van der Waals surface area (Å²) in [5, 5.41) is 3.02. The fourth-order valence-corrected chi connectivity index (χ4v) is 1.87. The van der Waals surface area contributed by atoms with Crippen molar-refractivity contribution in [2.45, 2.75) is 58.0 Å². The third-order valence-corrected chi connectivity index (χ3v) is 2.86. The predicted octanol–water partition coefficient (Wildman–Crippen LogP) is 1.42. The summed E-state index contributed by atoms with van der Waals surface area (Å²) in [4.78, 5) is 11.5. The molecule has 0 spiro atoms. The molecule has 0 radical (unpaired) electrons. The number of amides is 1. The average Bonchev–Trinajstić information content (AvgIpc) is 2.49. The van der Waals surface area contributed by atoms with Gasteiger partial charge >= 0.3 is 0 Å². The summed E-state index contributed by atoms with van der Waals surface area (Å²) >= 11 is 0. The highest BCUT2D eigenvalue weighted by Crippen LogP contribution is 2.17. The Balaban J connectivity index is 2.19. The van der Waals surface area contributed by atoms with Gasteiger partial charge in [-0.1, -0.05) is 13.8 Å². The highest BCUT2D eigenvalue weighted by atomic mass is 16.1. The summed E-state index contributed by atoms with van der Waals surface area (Å²) in [6, 6.07) is 0.410. The zero-order valence-corrected chi connectivity index (χ0v) is 9.25. The minimum Gasteiger partial charge on any atom is -0.352 e. The highest BCUT2D eigenvalue weighted by Gasteiger charge is 2.24. The third-order valence-electron chi connectivity index (χ3n) is 2.86. The van der Waals surface area contributed by atoms with Crippen LogP contribution in [0.2, 0.25) is 0 Å². The fraction of sp³-hybridized carbons (Fsp3) is 0.909. The number of nitrogens with one attached hydrogen (secondary N) is 1. The van der Waals surface area contributed by atoms with Crippen molar-refractivity contribution >= 4 is 5.91 Å². The van der Waals surface area contributed by atoms with Crippen molar-refractivity contribution in [3.8, 4) is 0 Å². The van der Waals surface area contributed by atoms with Crippen LogP contribution in [0.4, 0.5) is 0 Å². The van der Waals surface area contributed by atoms with Crippen LogP contribution in [-0.2, 0) is 4.79 Å². The van der Waals surface area contributed by atoms with E-state index in [1.54, 1.807) is 0 Å². The lowest BCUT2D eigenvalue weighted by atomic mass is 10.1. The van der Waals surface area contributed by atoms with Gasteiger partial charge in [-0.2, -0.15) is 0 Å². The summed E-state index contributed by atoms with van der Waals surface area (Å²) in [7, 11) is 0. The van der Waals surface area contributed by atoms with Crippen molar-refractivity contribution in [3.05, 3.63) is 0 Å². The Labute approximate surface area is 86.4 Å². The molecule has 0 aromatic rings. The molecule has 1 aliphatic rings. The summed E-state index contributed by atoms with van der Waals surface area (Å²) in [6.07, 6.45) is 4.86. The molecule has 0 aliphatic heterocycles. The first-order valence-corrected chi connectivity index (χ1v) is 5.64. The van der Waals surface area contributed by atoms with Crippen molar-refractivity contribution < 1.29 is 4.79 Å². The molecule has 14 heavy (non-hydrogen) atoms. The predicted molar refractivity (Wildman–Crippen MR) is 57.8 cm³/mol. The van der Waals surface area contributed by atoms with Crippen LogP contribution in [0.3, 0.4) is 0 Å². The van der Waals surface area contributed by atoms with Crippen LogP contribution < -0.4 is 11.1 Å². The van der Waals surface area contributed by atoms with Gasteiger partial charge in [0.05, 0.1) is 0 Å². The van der Waals surface area contributed by atoms with E-state index in [4.69, 9.17) is 5.73 Å². The molecule has 2 unspecified atom stereocenters. The molecular formula is C11H22N2O. The highest BCUT2D eigenvalue weighted by molar-refractivity contribution is 5.76. The first kappa shape index (κ1) is 11.5. The van der Waals surface area contributed by atoms with E-state index in [0.717, 1.165) is 25.7 Å². The lowest BCUT2D eigenvalue weighted by molar-refractivity contribution is -0.122. The Hall–Kier alpha value is -0.570. The molecule has 3 nitrogen and oxygen atoms in total. The van der Waals surface area contributed by atoms with E-state index >= 15 is 0 Å². The standard InChI is InChI=1S/C11H22N2O/c1-8(2)6-7-11(14)13-10-5-3-4-9(10)12/h8-10H,3-7,12H2,1-2H3,(H,13,14). The lowest BCUT2D eigenvalue weighted by Gasteiger charge is -2.17. The zero-order chi connectivity index (χ0) is 10.6. The molecule has 0 aromatic carbocycles. The van der Waals surface area contributed by atoms with E-state index in [2.05, 4.69) is 19.2 Å². The smallest absolute Gasteiger partial charge is 0.220 e. The SMILES string of the molecule is CC(C)CCC(=O)NC1CCCC1N. The molecule has 3 N–H and O–H groups in total. The Morgan fingerprint density at radius 1 is 1.50 bits per heavy atom. The maximum absolute atomic E-state index is 11.5. The van der Waals surface area contributed by atoms with E-state index in [1.165, 1.54) is 0 Å². The lowest BCUT2D eigenvalue weighted by Crippen LogP contribution is -2.43. The fourth-order valence-electron chi connectivity index (χ4n) is 1.87. The molecule has 0 aromatic heterocycles. The van der Waals surface area contributed by atoms with Gasteiger partial charge in [-0.05, 0) is 31.6 Å². The van der Waals surface area contributed by atoms with Crippen LogP contribution in [0, 0.1) is 5.92 Å². The molecule has 1 saturated carbocycles. The van der Waals surface area contributed by atoms with Gasteiger partial charge < -0.3 is 11.1 Å². The van der Waals surface area contributed by atoms with Crippen molar-refractivity contribution in [1.29, 1.82) is 0 Å². The quantitative estimate of drug-likeness (QED) is 0.717. The van der Waals surface area contributed by atoms with Gasteiger partial charge in [0, 0.05) is 18.5 Å². The van der Waals surface area contributed by atoms with Gasteiger partial charge in [0.1, 0.15) is 0 Å². The van der Waals surface area contributed by atoms with Crippen LogP contribution in [-0.4, -0.2) is 18.0 Å². The molecule has 1 aliphatic carbocycles. The molecule has 3 heteroatoms. The third kappa shape index (κ3) is 3.66. The van der Waals surface area contributed by atoms with Gasteiger partial charge in [0.25, 0.3) is 0 Å². The molecular weight excluding hydrogens is 176 g/mol. The van der Waals surface area contributed by atoms with Crippen molar-refractivity contribution in [3.63, 3.8) is 0 Å². The Kier molecular flexibility index (Phi) is 4.39. The number of carbonyl (C=O) groups excluding carboxylic acids is 1. The number of nitrogens with two attached hydrogens (primary N) is 1. The van der Waals surface area contributed by atoms with Crippen molar-refractivity contribution in [2.24, 2.45) is 11.7 Å². The topological polar surface area (TPSA) is 55.1 Å². The maximum atomic E-state index is 11.5. The van der Waals surface area contributed by atoms with Crippen LogP contribution in [0.25, 0.3) is 0 Å². The van der Waals surface area contributed by atoms with E-state index in [1.807, 2.05) is 0 Å². The van der Waals surface area contributed by atoms with Crippen molar-refractivity contribution in [1.82, 2.24) is 5.32 Å². The molecule has 2 atom stereocenters. The maximum Gasteiger partial charge on any atom is 0.220 e. The van der Waals surface area contributed by atoms with Gasteiger partial charge in [0.2, 0.25) is 5.91 Å². The largest absolute Gasteiger partial charge is 0.352 e. The number of hydrogen-bond donors (Lipinski definition) is 2. The summed E-state index contributed by atoms with van der Waals surface area (Å²) < 4.78 is 0. The second kappa shape index (κ2) is 5.35. The number of carbonyl (C=O) groups is 1. The summed E-state index contributed by atoms with van der Waals surface area (Å²) in [6.45, 7) is 4.27. The van der Waals surface area contributed by atoms with Gasteiger partial charge in [-0.15, -0.1) is 0 Å². The van der Waals surface area contributed by atoms with Gasteiger partial charge in [-0.3, -0.25) is 4.79 Å². The molecule has 1 amide bonds. The van der Waals surface area contributed by atoms with Gasteiger partial charge in [-0.25, -0.2) is 0 Å². The zero-order valence-electron chi connectivity index (χ0n) is 9.25. The van der Waals surface area contributed by atoms with E-state index < -0.39 is 0 Å². The normalized spacial score (nSPS) is 26.9. The number of rotatable bonds is 4. The minimum absolute atomic E-state index is 0.168. The Bertz CT molecular complexity index is 192.